The molecule has 1 aromatic heterocycles. The van der Waals surface area contributed by atoms with Gasteiger partial charge in [-0.15, -0.1) is 0 Å². The number of halogens is 2. The molecule has 17 heavy (non-hydrogen) atoms. The summed E-state index contributed by atoms with van der Waals surface area (Å²) in [5, 5.41) is 0. The minimum Gasteiger partial charge on any atom is -0.310 e. The van der Waals surface area contributed by atoms with Gasteiger partial charge in [0.1, 0.15) is 5.82 Å². The molecule has 0 saturated carbocycles. The predicted molar refractivity (Wildman–Crippen MR) is 68.6 cm³/mol. The van der Waals surface area contributed by atoms with Gasteiger partial charge >= 0.3 is 0 Å². The van der Waals surface area contributed by atoms with Crippen molar-refractivity contribution in [3.05, 3.63) is 68.3 Å². The fourth-order valence-corrected chi connectivity index (χ4v) is 2.03. The Morgan fingerprint density at radius 2 is 2.06 bits per heavy atom. The van der Waals surface area contributed by atoms with Crippen molar-refractivity contribution in [3.8, 4) is 0 Å². The Hall–Kier alpha value is -1.42. The fraction of sp³-hybridized carbons (Fsp3) is 0.154. The number of nitrogens with zero attached hydrogens (tertiary/aromatic N) is 1. The van der Waals surface area contributed by atoms with E-state index < -0.39 is 0 Å². The highest BCUT2D eigenvalue weighted by molar-refractivity contribution is 9.10. The molecular formula is C13H11BrFNO. The standard InChI is InChI=1S/C13H11BrFNO/c1-9-6-12(15)4-2-10(9)7-16-8-11(14)3-5-13(16)17/h2-6,8H,7H2,1H3. The summed E-state index contributed by atoms with van der Waals surface area (Å²) >= 11 is 3.32. The minimum absolute atomic E-state index is 0.0723. The molecule has 0 unspecified atom stereocenters. The number of benzene rings is 1. The molecule has 0 radical (unpaired) electrons. The molecule has 2 rings (SSSR count). The fourth-order valence-electron chi connectivity index (χ4n) is 1.65. The highest BCUT2D eigenvalue weighted by Crippen LogP contribution is 2.12. The van der Waals surface area contributed by atoms with Crippen molar-refractivity contribution in [3.63, 3.8) is 0 Å². The van der Waals surface area contributed by atoms with Crippen LogP contribution in [0.4, 0.5) is 4.39 Å². The third-order valence-corrected chi connectivity index (χ3v) is 3.06. The van der Waals surface area contributed by atoms with Gasteiger partial charge in [-0.2, -0.15) is 0 Å². The molecule has 1 aromatic carbocycles. The number of hydrogen-bond acceptors (Lipinski definition) is 1. The van der Waals surface area contributed by atoms with Gasteiger partial charge in [-0.05, 0) is 52.2 Å². The van der Waals surface area contributed by atoms with E-state index >= 15 is 0 Å². The molecule has 88 valence electrons. The van der Waals surface area contributed by atoms with Gasteiger partial charge in [-0.3, -0.25) is 4.79 Å². The summed E-state index contributed by atoms with van der Waals surface area (Å²) in [5.41, 5.74) is 1.71. The van der Waals surface area contributed by atoms with Gasteiger partial charge < -0.3 is 4.57 Å². The van der Waals surface area contributed by atoms with E-state index in [0.717, 1.165) is 15.6 Å². The Balaban J connectivity index is 2.38. The first kappa shape index (κ1) is 12.0. The van der Waals surface area contributed by atoms with Crippen LogP contribution in [0.15, 0.2) is 45.8 Å². The molecule has 2 aromatic rings. The predicted octanol–water partition coefficient (Wildman–Crippen LogP) is 3.11. The van der Waals surface area contributed by atoms with Gasteiger partial charge in [-0.1, -0.05) is 6.07 Å². The number of rotatable bonds is 2. The van der Waals surface area contributed by atoms with E-state index in [2.05, 4.69) is 15.9 Å². The summed E-state index contributed by atoms with van der Waals surface area (Å²) in [7, 11) is 0. The topological polar surface area (TPSA) is 22.0 Å². The van der Waals surface area contributed by atoms with Gasteiger partial charge in [0.25, 0.3) is 5.56 Å². The quantitative estimate of drug-likeness (QED) is 0.834. The molecule has 0 aliphatic carbocycles. The zero-order valence-corrected chi connectivity index (χ0v) is 10.9. The smallest absolute Gasteiger partial charge is 0.250 e. The third-order valence-electron chi connectivity index (χ3n) is 2.59. The molecule has 0 bridgehead atoms. The summed E-state index contributed by atoms with van der Waals surface area (Å²) in [6.45, 7) is 2.28. The summed E-state index contributed by atoms with van der Waals surface area (Å²) in [6.07, 6.45) is 1.73. The zero-order chi connectivity index (χ0) is 12.4. The summed E-state index contributed by atoms with van der Waals surface area (Å²) in [6, 6.07) is 7.79. The average molecular weight is 296 g/mol. The lowest BCUT2D eigenvalue weighted by Gasteiger charge is -2.09. The van der Waals surface area contributed by atoms with Crippen molar-refractivity contribution in [2.75, 3.05) is 0 Å². The SMILES string of the molecule is Cc1cc(F)ccc1Cn1cc(Br)ccc1=O. The first-order valence-corrected chi connectivity index (χ1v) is 5.96. The Morgan fingerprint density at radius 1 is 1.29 bits per heavy atom. The van der Waals surface area contributed by atoms with E-state index in [4.69, 9.17) is 0 Å². The highest BCUT2D eigenvalue weighted by atomic mass is 79.9. The van der Waals surface area contributed by atoms with Crippen molar-refractivity contribution in [1.82, 2.24) is 4.57 Å². The Kier molecular flexibility index (Phi) is 3.43. The van der Waals surface area contributed by atoms with Crippen molar-refractivity contribution in [2.24, 2.45) is 0 Å². The van der Waals surface area contributed by atoms with Crippen LogP contribution in [-0.2, 0) is 6.54 Å². The normalized spacial score (nSPS) is 10.5. The molecule has 4 heteroatoms. The molecule has 0 saturated heterocycles. The van der Waals surface area contributed by atoms with Crippen LogP contribution >= 0.6 is 15.9 Å². The van der Waals surface area contributed by atoms with E-state index in [9.17, 15) is 9.18 Å². The van der Waals surface area contributed by atoms with E-state index in [-0.39, 0.29) is 11.4 Å². The van der Waals surface area contributed by atoms with Crippen LogP contribution in [0.5, 0.6) is 0 Å². The lowest BCUT2D eigenvalue weighted by atomic mass is 10.1. The summed E-state index contributed by atoms with van der Waals surface area (Å²) < 4.78 is 15.4. The van der Waals surface area contributed by atoms with Gasteiger partial charge in [0.05, 0.1) is 6.54 Å². The van der Waals surface area contributed by atoms with Crippen LogP contribution in [0.1, 0.15) is 11.1 Å². The Morgan fingerprint density at radius 3 is 2.76 bits per heavy atom. The molecule has 0 N–H and O–H groups in total. The monoisotopic (exact) mass is 295 g/mol. The van der Waals surface area contributed by atoms with Gasteiger partial charge in [0.15, 0.2) is 0 Å². The highest BCUT2D eigenvalue weighted by Gasteiger charge is 2.03. The number of aromatic nitrogens is 1. The average Bonchev–Trinajstić information content (AvgIpc) is 2.27. The first-order valence-electron chi connectivity index (χ1n) is 5.17. The third kappa shape index (κ3) is 2.82. The van der Waals surface area contributed by atoms with Crippen molar-refractivity contribution >= 4 is 15.9 Å². The molecule has 0 fully saturated rings. The van der Waals surface area contributed by atoms with Crippen molar-refractivity contribution < 1.29 is 4.39 Å². The van der Waals surface area contributed by atoms with Crippen LogP contribution in [0.2, 0.25) is 0 Å². The van der Waals surface area contributed by atoms with E-state index in [1.54, 1.807) is 22.9 Å². The molecule has 0 atom stereocenters. The molecule has 2 nitrogen and oxygen atoms in total. The summed E-state index contributed by atoms with van der Waals surface area (Å²) in [4.78, 5) is 11.6. The zero-order valence-electron chi connectivity index (χ0n) is 9.28. The lowest BCUT2D eigenvalue weighted by Crippen LogP contribution is -2.19. The molecule has 0 aliphatic heterocycles. The molecule has 0 amide bonds. The molecule has 0 aliphatic rings. The molecule has 0 spiro atoms. The maximum absolute atomic E-state index is 13.0. The minimum atomic E-state index is -0.257. The lowest BCUT2D eigenvalue weighted by molar-refractivity contribution is 0.624. The Labute approximate surface area is 107 Å². The second-order valence-electron chi connectivity index (χ2n) is 3.88. The van der Waals surface area contributed by atoms with E-state index in [1.165, 1.54) is 18.2 Å². The number of hydrogen-bond donors (Lipinski definition) is 0. The first-order chi connectivity index (χ1) is 8.06. The maximum atomic E-state index is 13.0. The number of aryl methyl sites for hydroxylation is 1. The maximum Gasteiger partial charge on any atom is 0.250 e. The van der Waals surface area contributed by atoms with Crippen LogP contribution < -0.4 is 5.56 Å². The van der Waals surface area contributed by atoms with Crippen molar-refractivity contribution in [2.45, 2.75) is 13.5 Å². The second-order valence-corrected chi connectivity index (χ2v) is 4.80. The summed E-state index contributed by atoms with van der Waals surface area (Å²) in [5.74, 6) is -0.257. The second kappa shape index (κ2) is 4.84. The molecule has 1 heterocycles. The van der Waals surface area contributed by atoms with Crippen molar-refractivity contribution in [1.29, 1.82) is 0 Å². The largest absolute Gasteiger partial charge is 0.310 e. The Bertz CT molecular complexity index is 607. The van der Waals surface area contributed by atoms with Gasteiger partial charge in [0.2, 0.25) is 0 Å². The van der Waals surface area contributed by atoms with Crippen LogP contribution in [0.3, 0.4) is 0 Å². The van der Waals surface area contributed by atoms with Gasteiger partial charge in [-0.25, -0.2) is 4.39 Å². The van der Waals surface area contributed by atoms with E-state index in [1.807, 2.05) is 6.92 Å². The van der Waals surface area contributed by atoms with Crippen LogP contribution in [0.25, 0.3) is 0 Å². The van der Waals surface area contributed by atoms with Crippen LogP contribution in [0, 0.1) is 12.7 Å². The number of pyridine rings is 1. The van der Waals surface area contributed by atoms with Crippen LogP contribution in [-0.4, -0.2) is 4.57 Å². The van der Waals surface area contributed by atoms with Gasteiger partial charge in [0, 0.05) is 16.7 Å². The molecular weight excluding hydrogens is 285 g/mol. The van der Waals surface area contributed by atoms with E-state index in [0.29, 0.717) is 6.54 Å².